The standard InChI is InChI=1S/C23H28N6O2S2/c1-15(29-21(26-27-23(29)32)19-3-2-14-33-19)22(31)25-18-6-4-16(5-7-18)8-11-28-12-9-17(10-13-28)20(24)30/h2-7,14-15,17H,8-13H2,1H3,(H2,24,30)(H,25,31)(H,27,32). The largest absolute Gasteiger partial charge is 0.369 e. The van der Waals surface area contributed by atoms with E-state index < -0.39 is 6.04 Å². The van der Waals surface area contributed by atoms with E-state index in [1.54, 1.807) is 15.9 Å². The summed E-state index contributed by atoms with van der Waals surface area (Å²) in [5, 5.41) is 12.0. The minimum atomic E-state index is -0.517. The van der Waals surface area contributed by atoms with E-state index in [1.807, 2.05) is 48.7 Å². The predicted molar refractivity (Wildman–Crippen MR) is 133 cm³/mol. The van der Waals surface area contributed by atoms with Gasteiger partial charge in [0.15, 0.2) is 10.6 Å². The van der Waals surface area contributed by atoms with Crippen LogP contribution in [0.25, 0.3) is 10.7 Å². The summed E-state index contributed by atoms with van der Waals surface area (Å²) in [6.45, 7) is 4.57. The molecule has 3 aromatic rings. The number of nitrogens with zero attached hydrogens (tertiary/aromatic N) is 3. The minimum Gasteiger partial charge on any atom is -0.369 e. The van der Waals surface area contributed by atoms with Gasteiger partial charge in [-0.1, -0.05) is 18.2 Å². The van der Waals surface area contributed by atoms with Crippen molar-refractivity contribution in [3.8, 4) is 10.7 Å². The molecule has 0 bridgehead atoms. The molecule has 10 heteroatoms. The van der Waals surface area contributed by atoms with Gasteiger partial charge in [0, 0.05) is 18.2 Å². The highest BCUT2D eigenvalue weighted by molar-refractivity contribution is 7.71. The first-order valence-corrected chi connectivity index (χ1v) is 12.3. The number of carbonyl (C=O) groups excluding carboxylic acids is 2. The maximum atomic E-state index is 12.9. The third-order valence-corrected chi connectivity index (χ3v) is 7.29. The number of carbonyl (C=O) groups is 2. The number of benzene rings is 1. The predicted octanol–water partition coefficient (Wildman–Crippen LogP) is 3.61. The number of hydrogen-bond acceptors (Lipinski definition) is 6. The van der Waals surface area contributed by atoms with Crippen molar-refractivity contribution in [3.63, 3.8) is 0 Å². The number of anilines is 1. The lowest BCUT2D eigenvalue weighted by molar-refractivity contribution is -0.123. The number of likely N-dealkylation sites (tertiary alicyclic amines) is 1. The van der Waals surface area contributed by atoms with E-state index in [-0.39, 0.29) is 17.7 Å². The van der Waals surface area contributed by atoms with Crippen LogP contribution in [0.1, 0.15) is 31.4 Å². The van der Waals surface area contributed by atoms with E-state index in [9.17, 15) is 9.59 Å². The molecule has 1 aliphatic heterocycles. The molecule has 4 N–H and O–H groups in total. The van der Waals surface area contributed by atoms with Gasteiger partial charge in [-0.2, -0.15) is 5.10 Å². The highest BCUT2D eigenvalue weighted by Gasteiger charge is 2.23. The van der Waals surface area contributed by atoms with Crippen molar-refractivity contribution in [2.45, 2.75) is 32.2 Å². The molecule has 1 aliphatic rings. The summed E-state index contributed by atoms with van der Waals surface area (Å²) in [5.41, 5.74) is 7.36. The Hall–Kier alpha value is -2.82. The molecular weight excluding hydrogens is 456 g/mol. The van der Waals surface area contributed by atoms with Gasteiger partial charge in [-0.3, -0.25) is 19.3 Å². The molecule has 0 aliphatic carbocycles. The van der Waals surface area contributed by atoms with Crippen LogP contribution in [-0.2, 0) is 16.0 Å². The summed E-state index contributed by atoms with van der Waals surface area (Å²) < 4.78 is 2.16. The van der Waals surface area contributed by atoms with Gasteiger partial charge in [0.2, 0.25) is 11.8 Å². The number of primary amides is 1. The summed E-state index contributed by atoms with van der Waals surface area (Å²) in [7, 11) is 0. The van der Waals surface area contributed by atoms with Gasteiger partial charge in [0.25, 0.3) is 0 Å². The number of aromatic nitrogens is 3. The lowest BCUT2D eigenvalue weighted by atomic mass is 9.96. The van der Waals surface area contributed by atoms with E-state index in [0.29, 0.717) is 10.6 Å². The number of nitrogens with one attached hydrogen (secondary N) is 2. The van der Waals surface area contributed by atoms with Gasteiger partial charge in [0.05, 0.1) is 4.88 Å². The first-order valence-electron chi connectivity index (χ1n) is 11.0. The van der Waals surface area contributed by atoms with Crippen LogP contribution in [0.3, 0.4) is 0 Å². The molecule has 4 rings (SSSR count). The Kier molecular flexibility index (Phi) is 7.36. The van der Waals surface area contributed by atoms with Gasteiger partial charge >= 0.3 is 0 Å². The quantitative estimate of drug-likeness (QED) is 0.423. The van der Waals surface area contributed by atoms with Crippen LogP contribution >= 0.6 is 23.6 Å². The van der Waals surface area contributed by atoms with Gasteiger partial charge in [0.1, 0.15) is 6.04 Å². The van der Waals surface area contributed by atoms with Crippen molar-refractivity contribution in [1.82, 2.24) is 19.7 Å². The lowest BCUT2D eigenvalue weighted by Gasteiger charge is -2.30. The zero-order valence-electron chi connectivity index (χ0n) is 18.5. The van der Waals surface area contributed by atoms with Gasteiger partial charge in [-0.15, -0.1) is 11.3 Å². The maximum absolute atomic E-state index is 12.9. The first kappa shape index (κ1) is 23.3. The lowest BCUT2D eigenvalue weighted by Crippen LogP contribution is -2.39. The van der Waals surface area contributed by atoms with Crippen molar-refractivity contribution in [1.29, 1.82) is 0 Å². The third kappa shape index (κ3) is 5.58. The van der Waals surface area contributed by atoms with Crippen LogP contribution in [0.5, 0.6) is 0 Å². The molecule has 1 unspecified atom stereocenters. The molecule has 2 amide bonds. The first-order chi connectivity index (χ1) is 15.9. The molecule has 0 radical (unpaired) electrons. The Morgan fingerprint density at radius 1 is 1.27 bits per heavy atom. The molecule has 1 saturated heterocycles. The van der Waals surface area contributed by atoms with E-state index in [2.05, 4.69) is 20.4 Å². The molecule has 1 fully saturated rings. The number of H-pyrrole nitrogens is 1. The molecular formula is C23H28N6O2S2. The topological polar surface area (TPSA) is 109 Å². The molecule has 0 spiro atoms. The van der Waals surface area contributed by atoms with Gasteiger partial charge in [-0.25, -0.2) is 0 Å². The zero-order valence-corrected chi connectivity index (χ0v) is 20.1. The van der Waals surface area contributed by atoms with E-state index in [1.165, 1.54) is 5.56 Å². The summed E-state index contributed by atoms with van der Waals surface area (Å²) in [6.07, 6.45) is 2.60. The molecule has 1 atom stereocenters. The van der Waals surface area contributed by atoms with E-state index in [0.717, 1.165) is 49.5 Å². The number of thiophene rings is 1. The molecule has 8 nitrogen and oxygen atoms in total. The Balaban J connectivity index is 1.32. The molecule has 3 heterocycles. The van der Waals surface area contributed by atoms with E-state index >= 15 is 0 Å². The van der Waals surface area contributed by atoms with Crippen LogP contribution in [0.15, 0.2) is 41.8 Å². The average molecular weight is 485 g/mol. The zero-order chi connectivity index (χ0) is 23.4. The fourth-order valence-electron chi connectivity index (χ4n) is 4.09. The second kappa shape index (κ2) is 10.4. The third-order valence-electron chi connectivity index (χ3n) is 6.14. The van der Waals surface area contributed by atoms with Crippen molar-refractivity contribution in [2.75, 3.05) is 25.0 Å². The van der Waals surface area contributed by atoms with Crippen LogP contribution < -0.4 is 11.1 Å². The van der Waals surface area contributed by atoms with Crippen LogP contribution in [-0.4, -0.2) is 51.1 Å². The Bertz CT molecular complexity index is 1140. The van der Waals surface area contributed by atoms with Crippen LogP contribution in [0.2, 0.25) is 0 Å². The number of aromatic amines is 1. The summed E-state index contributed by atoms with van der Waals surface area (Å²) in [6, 6.07) is 11.3. The van der Waals surface area contributed by atoms with E-state index in [4.69, 9.17) is 18.0 Å². The van der Waals surface area contributed by atoms with Crippen molar-refractivity contribution >= 4 is 41.1 Å². The number of amides is 2. The second-order valence-electron chi connectivity index (χ2n) is 8.33. The van der Waals surface area contributed by atoms with Crippen LogP contribution in [0, 0.1) is 10.7 Å². The van der Waals surface area contributed by atoms with Gasteiger partial charge < -0.3 is 16.0 Å². The number of piperidine rings is 1. The Labute approximate surface area is 201 Å². The number of hydrogen-bond donors (Lipinski definition) is 3. The number of nitrogens with two attached hydrogens (primary N) is 1. The number of rotatable bonds is 8. The van der Waals surface area contributed by atoms with Crippen molar-refractivity contribution in [3.05, 3.63) is 52.1 Å². The highest BCUT2D eigenvalue weighted by Crippen LogP contribution is 2.26. The Morgan fingerprint density at radius 2 is 2.00 bits per heavy atom. The maximum Gasteiger partial charge on any atom is 0.247 e. The molecule has 2 aromatic heterocycles. The normalized spacial score (nSPS) is 15.9. The Morgan fingerprint density at radius 3 is 2.64 bits per heavy atom. The fourth-order valence-corrected chi connectivity index (χ4v) is 5.09. The summed E-state index contributed by atoms with van der Waals surface area (Å²) >= 11 is 6.92. The highest BCUT2D eigenvalue weighted by atomic mass is 32.1. The summed E-state index contributed by atoms with van der Waals surface area (Å²) in [5.74, 6) is 0.340. The molecule has 174 valence electrons. The minimum absolute atomic E-state index is 0.0184. The smallest absolute Gasteiger partial charge is 0.247 e. The SMILES string of the molecule is CC(C(=O)Nc1ccc(CCN2CCC(C(N)=O)CC2)cc1)n1c(-c2cccs2)n[nH]c1=S. The molecule has 1 aromatic carbocycles. The monoisotopic (exact) mass is 484 g/mol. The molecule has 0 saturated carbocycles. The van der Waals surface area contributed by atoms with Crippen molar-refractivity contribution in [2.24, 2.45) is 11.7 Å². The van der Waals surface area contributed by atoms with Crippen LogP contribution in [0.4, 0.5) is 5.69 Å². The average Bonchev–Trinajstić information content (AvgIpc) is 3.48. The molecule has 33 heavy (non-hydrogen) atoms. The van der Waals surface area contributed by atoms with Crippen molar-refractivity contribution < 1.29 is 9.59 Å². The summed E-state index contributed by atoms with van der Waals surface area (Å²) in [4.78, 5) is 27.5. The fraction of sp³-hybridized carbons (Fsp3) is 0.391. The second-order valence-corrected chi connectivity index (χ2v) is 9.66. The van der Waals surface area contributed by atoms with Gasteiger partial charge in [-0.05, 0) is 80.6 Å².